The Kier molecular flexibility index (Phi) is 3.90. The minimum atomic E-state index is 0.503. The fourth-order valence-electron chi connectivity index (χ4n) is 3.11. The maximum atomic E-state index is 4.67. The lowest BCUT2D eigenvalue weighted by Gasteiger charge is -2.29. The van der Waals surface area contributed by atoms with Crippen LogP contribution in [0.3, 0.4) is 0 Å². The van der Waals surface area contributed by atoms with Gasteiger partial charge in [-0.2, -0.15) is 5.10 Å². The number of aromatic nitrogens is 4. The predicted molar refractivity (Wildman–Crippen MR) is 83.7 cm³/mol. The summed E-state index contributed by atoms with van der Waals surface area (Å²) in [6.07, 6.45) is 8.71. The van der Waals surface area contributed by atoms with Gasteiger partial charge in [-0.1, -0.05) is 19.8 Å². The van der Waals surface area contributed by atoms with Crippen LogP contribution in [0.5, 0.6) is 0 Å². The monoisotopic (exact) mass is 285 g/mol. The van der Waals surface area contributed by atoms with E-state index < -0.39 is 0 Å². The number of hydrogen-bond donors (Lipinski definition) is 1. The van der Waals surface area contributed by atoms with Gasteiger partial charge in [0, 0.05) is 11.7 Å². The van der Waals surface area contributed by atoms with E-state index in [1.165, 1.54) is 25.7 Å². The highest BCUT2D eigenvalue weighted by atomic mass is 15.3. The molecule has 112 valence electrons. The Bertz CT molecular complexity index is 619. The van der Waals surface area contributed by atoms with Crippen LogP contribution >= 0.6 is 0 Å². The molecule has 0 bridgehead atoms. The number of nitrogens with one attached hydrogen (secondary N) is 1. The first kappa shape index (κ1) is 14.0. The van der Waals surface area contributed by atoms with Gasteiger partial charge in [-0.3, -0.25) is 4.98 Å². The van der Waals surface area contributed by atoms with Gasteiger partial charge in [0.15, 0.2) is 5.82 Å². The number of hydrogen-bond acceptors (Lipinski definition) is 4. The van der Waals surface area contributed by atoms with Crippen LogP contribution in [0, 0.1) is 19.8 Å². The molecule has 3 rings (SSSR count). The molecule has 1 aliphatic rings. The lowest BCUT2D eigenvalue weighted by molar-refractivity contribution is 0.349. The van der Waals surface area contributed by atoms with Crippen LogP contribution in [-0.2, 0) is 0 Å². The second kappa shape index (κ2) is 5.84. The summed E-state index contributed by atoms with van der Waals surface area (Å²) in [7, 11) is 0. The van der Waals surface area contributed by atoms with Crippen molar-refractivity contribution in [1.82, 2.24) is 19.7 Å². The average Bonchev–Trinajstić information content (AvgIpc) is 2.81. The molecule has 0 radical (unpaired) electrons. The van der Waals surface area contributed by atoms with Gasteiger partial charge in [0.1, 0.15) is 5.82 Å². The van der Waals surface area contributed by atoms with Crippen LogP contribution in [0.4, 0.5) is 5.82 Å². The predicted octanol–water partition coefficient (Wildman–Crippen LogP) is 3.27. The van der Waals surface area contributed by atoms with E-state index in [4.69, 9.17) is 0 Å². The third-order valence-electron chi connectivity index (χ3n) is 4.29. The van der Waals surface area contributed by atoms with E-state index in [-0.39, 0.29) is 0 Å². The van der Waals surface area contributed by atoms with E-state index in [9.17, 15) is 0 Å². The molecule has 1 fully saturated rings. The second-order valence-corrected chi connectivity index (χ2v) is 6.11. The third-order valence-corrected chi connectivity index (χ3v) is 4.29. The van der Waals surface area contributed by atoms with Crippen molar-refractivity contribution in [2.45, 2.75) is 52.5 Å². The molecule has 0 spiro atoms. The molecule has 1 N–H and O–H groups in total. The van der Waals surface area contributed by atoms with Gasteiger partial charge in [-0.05, 0) is 38.7 Å². The van der Waals surface area contributed by atoms with E-state index in [1.807, 2.05) is 24.6 Å². The van der Waals surface area contributed by atoms with Crippen LogP contribution in [0.15, 0.2) is 18.5 Å². The topological polar surface area (TPSA) is 55.6 Å². The Morgan fingerprint density at radius 1 is 1.19 bits per heavy atom. The fraction of sp³-hybridized carbons (Fsp3) is 0.562. The lowest BCUT2D eigenvalue weighted by Crippen LogP contribution is -2.30. The quantitative estimate of drug-likeness (QED) is 0.940. The van der Waals surface area contributed by atoms with Crippen molar-refractivity contribution < 1.29 is 0 Å². The molecule has 5 heteroatoms. The highest BCUT2D eigenvalue weighted by Gasteiger charge is 2.21. The maximum absolute atomic E-state index is 4.67. The molecule has 1 saturated carbocycles. The molecule has 0 aromatic carbocycles. The van der Waals surface area contributed by atoms with E-state index >= 15 is 0 Å². The Morgan fingerprint density at radius 3 is 2.71 bits per heavy atom. The van der Waals surface area contributed by atoms with Crippen molar-refractivity contribution in [3.8, 4) is 5.82 Å². The molecule has 21 heavy (non-hydrogen) atoms. The Balaban J connectivity index is 1.81. The lowest BCUT2D eigenvalue weighted by atomic mass is 9.86. The van der Waals surface area contributed by atoms with Gasteiger partial charge in [0.25, 0.3) is 0 Å². The van der Waals surface area contributed by atoms with Crippen molar-refractivity contribution in [2.75, 3.05) is 5.32 Å². The molecule has 2 aromatic heterocycles. The summed E-state index contributed by atoms with van der Waals surface area (Å²) >= 11 is 0. The zero-order valence-corrected chi connectivity index (χ0v) is 13.0. The summed E-state index contributed by atoms with van der Waals surface area (Å²) in [5, 5.41) is 8.02. The van der Waals surface area contributed by atoms with E-state index in [0.717, 1.165) is 23.0 Å². The van der Waals surface area contributed by atoms with Gasteiger partial charge >= 0.3 is 0 Å². The molecule has 2 atom stereocenters. The Labute approximate surface area is 125 Å². The number of anilines is 1. The summed E-state index contributed by atoms with van der Waals surface area (Å²) < 4.78 is 1.85. The fourth-order valence-corrected chi connectivity index (χ4v) is 3.11. The minimum absolute atomic E-state index is 0.503. The summed E-state index contributed by atoms with van der Waals surface area (Å²) in [6, 6.07) is 2.55. The second-order valence-electron chi connectivity index (χ2n) is 6.11. The minimum Gasteiger partial charge on any atom is -0.366 e. The largest absolute Gasteiger partial charge is 0.366 e. The molecule has 2 heterocycles. The van der Waals surface area contributed by atoms with Crippen molar-refractivity contribution in [1.29, 1.82) is 0 Å². The van der Waals surface area contributed by atoms with Gasteiger partial charge in [-0.15, -0.1) is 0 Å². The zero-order chi connectivity index (χ0) is 14.8. The van der Waals surface area contributed by atoms with Gasteiger partial charge < -0.3 is 5.32 Å². The molecule has 1 aliphatic carbocycles. The van der Waals surface area contributed by atoms with Gasteiger partial charge in [-0.25, -0.2) is 9.67 Å². The molecule has 5 nitrogen and oxygen atoms in total. The Hall–Kier alpha value is -1.91. The summed E-state index contributed by atoms with van der Waals surface area (Å²) in [5.74, 6) is 2.31. The smallest absolute Gasteiger partial charge is 0.174 e. The maximum Gasteiger partial charge on any atom is 0.174 e. The molecular formula is C16H23N5. The van der Waals surface area contributed by atoms with Crippen LogP contribution < -0.4 is 5.32 Å². The average molecular weight is 285 g/mol. The van der Waals surface area contributed by atoms with Gasteiger partial charge in [0.05, 0.1) is 18.1 Å². The summed E-state index contributed by atoms with van der Waals surface area (Å²) in [6.45, 7) is 6.34. The van der Waals surface area contributed by atoms with Crippen LogP contribution in [0.2, 0.25) is 0 Å². The Morgan fingerprint density at radius 2 is 2.00 bits per heavy atom. The number of rotatable bonds is 3. The molecule has 2 unspecified atom stereocenters. The van der Waals surface area contributed by atoms with Crippen LogP contribution in [0.1, 0.15) is 44.0 Å². The van der Waals surface area contributed by atoms with Crippen molar-refractivity contribution >= 4 is 5.82 Å². The summed E-state index contributed by atoms with van der Waals surface area (Å²) in [4.78, 5) is 8.99. The molecule has 0 amide bonds. The highest BCUT2D eigenvalue weighted by Crippen LogP contribution is 2.26. The number of aryl methyl sites for hydroxylation is 2. The third kappa shape index (κ3) is 3.06. The van der Waals surface area contributed by atoms with E-state index in [0.29, 0.717) is 12.0 Å². The van der Waals surface area contributed by atoms with E-state index in [1.54, 1.807) is 12.4 Å². The first-order valence-corrected chi connectivity index (χ1v) is 7.75. The molecule has 0 aliphatic heterocycles. The standard InChI is InChI=1S/C16H23N5/c1-11-6-4-5-7-14(11)18-15-9-17-10-16(19-15)21-13(3)8-12(2)20-21/h8-11,14H,4-7H2,1-3H3,(H,18,19). The highest BCUT2D eigenvalue weighted by molar-refractivity contribution is 5.37. The van der Waals surface area contributed by atoms with Gasteiger partial charge in [0.2, 0.25) is 0 Å². The normalized spacial score (nSPS) is 22.2. The molecular weight excluding hydrogens is 262 g/mol. The first-order valence-electron chi connectivity index (χ1n) is 7.75. The first-order chi connectivity index (χ1) is 10.1. The van der Waals surface area contributed by atoms with Crippen molar-refractivity contribution in [3.63, 3.8) is 0 Å². The van der Waals surface area contributed by atoms with Crippen LogP contribution in [0.25, 0.3) is 5.82 Å². The van der Waals surface area contributed by atoms with Crippen LogP contribution in [-0.4, -0.2) is 25.8 Å². The summed E-state index contributed by atoms with van der Waals surface area (Å²) in [5.41, 5.74) is 2.07. The molecule has 2 aromatic rings. The van der Waals surface area contributed by atoms with Crippen molar-refractivity contribution in [3.05, 3.63) is 29.8 Å². The number of nitrogens with zero attached hydrogens (tertiary/aromatic N) is 4. The SMILES string of the molecule is Cc1cc(C)n(-c2cncc(NC3CCCCC3C)n2)n1. The zero-order valence-electron chi connectivity index (χ0n) is 13.0. The van der Waals surface area contributed by atoms with E-state index in [2.05, 4.69) is 27.3 Å². The van der Waals surface area contributed by atoms with Crippen molar-refractivity contribution in [2.24, 2.45) is 5.92 Å². The molecule has 0 saturated heterocycles.